The number of rotatable bonds is 10. The smallest absolute Gasteiger partial charge is 0.242 e. The molecule has 0 heterocycles. The van der Waals surface area contributed by atoms with Crippen molar-refractivity contribution in [1.29, 1.82) is 0 Å². The van der Waals surface area contributed by atoms with Gasteiger partial charge in [0.2, 0.25) is 21.8 Å². The zero-order valence-corrected chi connectivity index (χ0v) is 21.3. The Morgan fingerprint density at radius 3 is 2.27 bits per heavy atom. The normalized spacial score (nSPS) is 12.2. The van der Waals surface area contributed by atoms with Gasteiger partial charge in [0.25, 0.3) is 0 Å². The highest BCUT2D eigenvalue weighted by Gasteiger charge is 2.26. The van der Waals surface area contributed by atoms with Crippen molar-refractivity contribution in [2.45, 2.75) is 46.2 Å². The third kappa shape index (κ3) is 7.75. The SMILES string of the molecule is CNC(=O)C(C)N(Cc1cccc(Cl)c1)C(=O)CCCN(c1cc(C)cc(C)c1)S(C)(=O)=O. The Kier molecular flexibility index (Phi) is 9.31. The highest BCUT2D eigenvalue weighted by molar-refractivity contribution is 7.92. The van der Waals surface area contributed by atoms with Crippen LogP contribution in [0.15, 0.2) is 42.5 Å². The highest BCUT2D eigenvalue weighted by atomic mass is 35.5. The van der Waals surface area contributed by atoms with E-state index in [-0.39, 0.29) is 31.3 Å². The van der Waals surface area contributed by atoms with Crippen LogP contribution in [-0.2, 0) is 26.2 Å². The average Bonchev–Trinajstić information content (AvgIpc) is 2.72. The number of hydrogen-bond donors (Lipinski definition) is 1. The van der Waals surface area contributed by atoms with Gasteiger partial charge in [-0.1, -0.05) is 29.8 Å². The van der Waals surface area contributed by atoms with Crippen molar-refractivity contribution in [1.82, 2.24) is 10.2 Å². The van der Waals surface area contributed by atoms with Crippen LogP contribution in [0.2, 0.25) is 5.02 Å². The lowest BCUT2D eigenvalue weighted by atomic mass is 10.1. The number of halogens is 1. The molecule has 2 aromatic rings. The first-order chi connectivity index (χ1) is 15.4. The van der Waals surface area contributed by atoms with Crippen molar-refractivity contribution >= 4 is 39.1 Å². The van der Waals surface area contributed by atoms with E-state index in [0.717, 1.165) is 22.9 Å². The molecule has 1 N–H and O–H groups in total. The summed E-state index contributed by atoms with van der Waals surface area (Å²) >= 11 is 6.07. The van der Waals surface area contributed by atoms with Crippen molar-refractivity contribution in [3.63, 3.8) is 0 Å². The number of anilines is 1. The van der Waals surface area contributed by atoms with Crippen LogP contribution in [0.3, 0.4) is 0 Å². The fourth-order valence-corrected chi connectivity index (χ4v) is 4.88. The number of aryl methyl sites for hydroxylation is 2. The van der Waals surface area contributed by atoms with E-state index in [9.17, 15) is 18.0 Å². The molecular formula is C24H32ClN3O4S. The largest absolute Gasteiger partial charge is 0.357 e. The van der Waals surface area contributed by atoms with Crippen molar-refractivity contribution < 1.29 is 18.0 Å². The molecule has 0 aromatic heterocycles. The van der Waals surface area contributed by atoms with E-state index in [0.29, 0.717) is 17.1 Å². The Bertz CT molecular complexity index is 1080. The fourth-order valence-electron chi connectivity index (χ4n) is 3.72. The summed E-state index contributed by atoms with van der Waals surface area (Å²) in [5.41, 5.74) is 3.31. The third-order valence-corrected chi connectivity index (χ3v) is 6.73. The molecule has 0 fully saturated rings. The topological polar surface area (TPSA) is 86.8 Å². The van der Waals surface area contributed by atoms with E-state index >= 15 is 0 Å². The number of carbonyl (C=O) groups excluding carboxylic acids is 2. The molecule has 33 heavy (non-hydrogen) atoms. The standard InChI is InChI=1S/C24H32ClN3O4S/c1-17-12-18(2)14-22(13-17)28(33(5,31)32)11-7-10-23(29)27(19(3)24(30)26-4)16-20-8-6-9-21(25)15-20/h6,8-9,12-15,19H,7,10-11,16H2,1-5H3,(H,26,30). The zero-order chi connectivity index (χ0) is 24.8. The Morgan fingerprint density at radius 2 is 1.73 bits per heavy atom. The number of amides is 2. The van der Waals surface area contributed by atoms with Crippen LogP contribution in [-0.4, -0.2) is 51.0 Å². The van der Waals surface area contributed by atoms with E-state index in [1.165, 1.54) is 16.3 Å². The number of carbonyl (C=O) groups is 2. The Hall–Kier alpha value is -2.58. The summed E-state index contributed by atoms with van der Waals surface area (Å²) in [5, 5.41) is 3.12. The molecule has 0 saturated carbocycles. The first kappa shape index (κ1) is 26.7. The van der Waals surface area contributed by atoms with E-state index in [1.807, 2.05) is 38.1 Å². The van der Waals surface area contributed by atoms with Crippen LogP contribution in [0.25, 0.3) is 0 Å². The summed E-state index contributed by atoms with van der Waals surface area (Å²) in [5.74, 6) is -0.515. The number of hydrogen-bond acceptors (Lipinski definition) is 4. The average molecular weight is 494 g/mol. The molecule has 1 atom stereocenters. The van der Waals surface area contributed by atoms with Gasteiger partial charge in [0.15, 0.2) is 0 Å². The Morgan fingerprint density at radius 1 is 1.09 bits per heavy atom. The summed E-state index contributed by atoms with van der Waals surface area (Å²) in [4.78, 5) is 26.9. The first-order valence-corrected chi connectivity index (χ1v) is 13.0. The summed E-state index contributed by atoms with van der Waals surface area (Å²) in [6.07, 6.45) is 1.57. The van der Waals surface area contributed by atoms with Crippen LogP contribution >= 0.6 is 11.6 Å². The van der Waals surface area contributed by atoms with E-state index in [2.05, 4.69) is 5.32 Å². The van der Waals surface area contributed by atoms with E-state index in [1.54, 1.807) is 25.1 Å². The monoisotopic (exact) mass is 493 g/mol. The molecule has 7 nitrogen and oxygen atoms in total. The lowest BCUT2D eigenvalue weighted by Gasteiger charge is -2.29. The summed E-state index contributed by atoms with van der Waals surface area (Å²) in [6, 6.07) is 12.0. The van der Waals surface area contributed by atoms with Gasteiger partial charge < -0.3 is 10.2 Å². The maximum atomic E-state index is 13.1. The number of nitrogens with one attached hydrogen (secondary N) is 1. The molecule has 2 aromatic carbocycles. The van der Waals surface area contributed by atoms with E-state index in [4.69, 9.17) is 11.6 Å². The Balaban J connectivity index is 2.17. The number of benzene rings is 2. The second kappa shape index (κ2) is 11.5. The van der Waals surface area contributed by atoms with Gasteiger partial charge in [-0.2, -0.15) is 0 Å². The van der Waals surface area contributed by atoms with Crippen molar-refractivity contribution in [3.05, 3.63) is 64.2 Å². The van der Waals surface area contributed by atoms with Gasteiger partial charge in [-0.3, -0.25) is 13.9 Å². The van der Waals surface area contributed by atoms with Crippen molar-refractivity contribution in [2.24, 2.45) is 0 Å². The minimum absolute atomic E-state index is 0.0960. The zero-order valence-electron chi connectivity index (χ0n) is 19.8. The second-order valence-corrected chi connectivity index (χ2v) is 10.6. The molecule has 0 radical (unpaired) electrons. The molecule has 0 bridgehead atoms. The Labute approximate surface area is 201 Å². The fraction of sp³-hybridized carbons (Fsp3) is 0.417. The van der Waals surface area contributed by atoms with Gasteiger partial charge in [-0.05, 0) is 68.1 Å². The van der Waals surface area contributed by atoms with Crippen LogP contribution in [0.5, 0.6) is 0 Å². The third-order valence-electron chi connectivity index (χ3n) is 5.30. The summed E-state index contributed by atoms with van der Waals surface area (Å²) < 4.78 is 26.2. The first-order valence-electron chi connectivity index (χ1n) is 10.7. The van der Waals surface area contributed by atoms with Gasteiger partial charge in [-0.25, -0.2) is 8.42 Å². The number of nitrogens with zero attached hydrogens (tertiary/aromatic N) is 2. The second-order valence-electron chi connectivity index (χ2n) is 8.23. The molecule has 2 rings (SSSR count). The van der Waals surface area contributed by atoms with Crippen LogP contribution in [0, 0.1) is 13.8 Å². The molecule has 0 aliphatic rings. The lowest BCUT2D eigenvalue weighted by Crippen LogP contribution is -2.46. The molecule has 0 saturated heterocycles. The van der Waals surface area contributed by atoms with Gasteiger partial charge >= 0.3 is 0 Å². The predicted molar refractivity (Wildman–Crippen MR) is 133 cm³/mol. The van der Waals surface area contributed by atoms with Gasteiger partial charge in [0.1, 0.15) is 6.04 Å². The van der Waals surface area contributed by atoms with Crippen molar-refractivity contribution in [3.8, 4) is 0 Å². The van der Waals surface area contributed by atoms with Gasteiger partial charge in [0.05, 0.1) is 11.9 Å². The number of likely N-dealkylation sites (N-methyl/N-ethyl adjacent to an activating group) is 1. The van der Waals surface area contributed by atoms with Crippen molar-refractivity contribution in [2.75, 3.05) is 24.2 Å². The molecule has 180 valence electrons. The van der Waals surface area contributed by atoms with Crippen LogP contribution in [0.4, 0.5) is 5.69 Å². The molecule has 1 unspecified atom stereocenters. The highest BCUT2D eigenvalue weighted by Crippen LogP contribution is 2.22. The van der Waals surface area contributed by atoms with Crippen LogP contribution in [0.1, 0.15) is 36.5 Å². The minimum atomic E-state index is -3.53. The maximum absolute atomic E-state index is 13.1. The molecular weight excluding hydrogens is 462 g/mol. The van der Waals surface area contributed by atoms with Gasteiger partial charge in [0, 0.05) is 31.6 Å². The lowest BCUT2D eigenvalue weighted by molar-refractivity contribution is -0.140. The molecule has 0 aliphatic heterocycles. The predicted octanol–water partition coefficient (Wildman–Crippen LogP) is 3.67. The number of sulfonamides is 1. The minimum Gasteiger partial charge on any atom is -0.357 e. The van der Waals surface area contributed by atoms with Crippen LogP contribution < -0.4 is 9.62 Å². The quantitative estimate of drug-likeness (QED) is 0.547. The maximum Gasteiger partial charge on any atom is 0.242 e. The molecule has 0 spiro atoms. The van der Waals surface area contributed by atoms with E-state index < -0.39 is 16.1 Å². The van der Waals surface area contributed by atoms with Gasteiger partial charge in [-0.15, -0.1) is 0 Å². The summed E-state index contributed by atoms with van der Waals surface area (Å²) in [7, 11) is -2.00. The molecule has 0 aliphatic carbocycles. The summed E-state index contributed by atoms with van der Waals surface area (Å²) in [6.45, 7) is 5.87. The molecule has 9 heteroatoms. The molecule has 2 amide bonds.